The molecule has 0 aromatic heterocycles. The van der Waals surface area contributed by atoms with Gasteiger partial charge < -0.3 is 9.57 Å². The Kier molecular flexibility index (Phi) is 6.28. The zero-order valence-corrected chi connectivity index (χ0v) is 14.7. The summed E-state index contributed by atoms with van der Waals surface area (Å²) in [7, 11) is 3.31. The van der Waals surface area contributed by atoms with Gasteiger partial charge in [0.1, 0.15) is 5.75 Å². The summed E-state index contributed by atoms with van der Waals surface area (Å²) >= 11 is 12.0. The summed E-state index contributed by atoms with van der Waals surface area (Å²) in [6.45, 7) is 1.92. The van der Waals surface area contributed by atoms with Crippen molar-refractivity contribution in [2.24, 2.45) is 4.99 Å². The van der Waals surface area contributed by atoms with Crippen molar-refractivity contribution < 1.29 is 9.57 Å². The van der Waals surface area contributed by atoms with Crippen LogP contribution in [-0.2, 0) is 4.84 Å². The Hall–Kier alpha value is -1.75. The van der Waals surface area contributed by atoms with Crippen LogP contribution in [0.2, 0.25) is 10.0 Å². The summed E-state index contributed by atoms with van der Waals surface area (Å²) in [6.07, 6.45) is -0.509. The van der Waals surface area contributed by atoms with Gasteiger partial charge in [0.15, 0.2) is 0 Å². The summed E-state index contributed by atoms with van der Waals surface area (Å²) in [5.74, 6) is 1.08. The van der Waals surface area contributed by atoms with Crippen molar-refractivity contribution in [3.8, 4) is 5.75 Å². The van der Waals surface area contributed by atoms with E-state index in [2.05, 4.69) is 10.5 Å². The van der Waals surface area contributed by atoms with Gasteiger partial charge in [0.25, 0.3) is 5.90 Å². The van der Waals surface area contributed by atoms with E-state index in [0.717, 1.165) is 11.1 Å². The van der Waals surface area contributed by atoms with Crippen LogP contribution in [0.3, 0.4) is 0 Å². The molecule has 1 atom stereocenters. The van der Waals surface area contributed by atoms with E-state index in [1.54, 1.807) is 32.3 Å². The number of ether oxygens (including phenoxy) is 1. The Morgan fingerprint density at radius 1 is 1.13 bits per heavy atom. The molecule has 2 rings (SSSR count). The highest BCUT2D eigenvalue weighted by atomic mass is 35.5. The van der Waals surface area contributed by atoms with Crippen molar-refractivity contribution in [3.63, 3.8) is 0 Å². The van der Waals surface area contributed by atoms with Crippen molar-refractivity contribution >= 4 is 29.1 Å². The molecule has 1 unspecified atom stereocenters. The maximum absolute atomic E-state index is 6.08. The molecule has 122 valence electrons. The number of nitrogens with one attached hydrogen (secondary N) is 1. The van der Waals surface area contributed by atoms with Crippen LogP contribution in [0, 0.1) is 6.92 Å². The second-order valence-corrected chi connectivity index (χ2v) is 5.67. The number of halogens is 2. The largest absolute Gasteiger partial charge is 0.476 e. The lowest BCUT2D eigenvalue weighted by Crippen LogP contribution is -2.26. The number of nitrogens with zero attached hydrogens (tertiary/aromatic N) is 1. The molecule has 0 bridgehead atoms. The van der Waals surface area contributed by atoms with Crippen LogP contribution in [-0.4, -0.2) is 20.0 Å². The van der Waals surface area contributed by atoms with Gasteiger partial charge in [-0.2, -0.15) is 5.48 Å². The molecule has 0 aliphatic carbocycles. The number of hydrogen-bond acceptors (Lipinski definition) is 4. The molecule has 0 heterocycles. The van der Waals surface area contributed by atoms with Crippen LogP contribution in [0.5, 0.6) is 5.75 Å². The highest BCUT2D eigenvalue weighted by Crippen LogP contribution is 2.28. The van der Waals surface area contributed by atoms with Crippen LogP contribution in [0.15, 0.2) is 47.5 Å². The van der Waals surface area contributed by atoms with Crippen LogP contribution < -0.4 is 10.2 Å². The number of rotatable bonds is 5. The minimum atomic E-state index is -0.509. The van der Waals surface area contributed by atoms with Gasteiger partial charge in [0.2, 0.25) is 6.10 Å². The second kappa shape index (κ2) is 8.20. The third-order valence-electron chi connectivity index (χ3n) is 3.21. The molecule has 0 radical (unpaired) electrons. The van der Waals surface area contributed by atoms with E-state index >= 15 is 0 Å². The van der Waals surface area contributed by atoms with Crippen molar-refractivity contribution in [2.45, 2.75) is 13.0 Å². The second-order valence-electron chi connectivity index (χ2n) is 4.83. The van der Waals surface area contributed by atoms with Crippen LogP contribution in [0.4, 0.5) is 0 Å². The maximum Gasteiger partial charge on any atom is 0.254 e. The number of aryl methyl sites for hydroxylation is 1. The highest BCUT2D eigenvalue weighted by Gasteiger charge is 2.22. The molecule has 0 spiro atoms. The molecule has 0 saturated carbocycles. The lowest BCUT2D eigenvalue weighted by molar-refractivity contribution is 0.155. The monoisotopic (exact) mass is 352 g/mol. The first kappa shape index (κ1) is 17.6. The third-order valence-corrected chi connectivity index (χ3v) is 3.88. The zero-order chi connectivity index (χ0) is 16.8. The first-order chi connectivity index (χ1) is 11.0. The zero-order valence-electron chi connectivity index (χ0n) is 13.1. The normalized spacial score (nSPS) is 12.8. The van der Waals surface area contributed by atoms with Crippen molar-refractivity contribution in [1.82, 2.24) is 5.48 Å². The SMILES string of the molecule is CN=C(ONC)C(Oc1ccc(Cl)c(C)c1)c1ccc(Cl)cc1. The smallest absolute Gasteiger partial charge is 0.254 e. The molecule has 0 aliphatic rings. The lowest BCUT2D eigenvalue weighted by atomic mass is 10.1. The van der Waals surface area contributed by atoms with Crippen LogP contribution in [0.25, 0.3) is 0 Å². The standard InChI is InChI=1S/C17H18Cl2N2O2/c1-11-10-14(8-9-15(11)19)22-16(17(20-2)23-21-3)12-4-6-13(18)7-5-12/h4-10,16,21H,1-3H3. The van der Waals surface area contributed by atoms with Crippen molar-refractivity contribution in [1.29, 1.82) is 0 Å². The Morgan fingerprint density at radius 3 is 2.39 bits per heavy atom. The summed E-state index contributed by atoms with van der Waals surface area (Å²) in [5, 5.41) is 1.34. The predicted octanol–water partition coefficient (Wildman–Crippen LogP) is 4.60. The lowest BCUT2D eigenvalue weighted by Gasteiger charge is -2.21. The predicted molar refractivity (Wildman–Crippen MR) is 94.5 cm³/mol. The molecular formula is C17H18Cl2N2O2. The summed E-state index contributed by atoms with van der Waals surface area (Å²) < 4.78 is 6.08. The fourth-order valence-electron chi connectivity index (χ4n) is 2.05. The van der Waals surface area contributed by atoms with Crippen molar-refractivity contribution in [3.05, 3.63) is 63.6 Å². The number of aliphatic imine (C=N–C) groups is 1. The first-order valence-electron chi connectivity index (χ1n) is 7.03. The van der Waals surface area contributed by atoms with E-state index in [0.29, 0.717) is 21.7 Å². The quantitative estimate of drug-likeness (QED) is 0.485. The summed E-state index contributed by atoms with van der Waals surface area (Å²) in [5.41, 5.74) is 4.44. The van der Waals surface area contributed by atoms with Gasteiger partial charge in [-0.3, -0.25) is 4.99 Å². The van der Waals surface area contributed by atoms with E-state index < -0.39 is 6.10 Å². The molecule has 6 heteroatoms. The van der Waals surface area contributed by atoms with Gasteiger partial charge in [-0.15, -0.1) is 0 Å². The molecule has 0 saturated heterocycles. The van der Waals surface area contributed by atoms with Gasteiger partial charge >= 0.3 is 0 Å². The van der Waals surface area contributed by atoms with E-state index in [1.165, 1.54) is 0 Å². The van der Waals surface area contributed by atoms with E-state index in [4.69, 9.17) is 32.8 Å². The fourth-order valence-corrected chi connectivity index (χ4v) is 2.29. The Labute approximate surface area is 146 Å². The molecule has 23 heavy (non-hydrogen) atoms. The Morgan fingerprint density at radius 2 is 1.83 bits per heavy atom. The van der Waals surface area contributed by atoms with Gasteiger partial charge in [-0.1, -0.05) is 35.3 Å². The third kappa shape index (κ3) is 4.61. The molecule has 0 fully saturated rings. The summed E-state index contributed by atoms with van der Waals surface area (Å²) in [4.78, 5) is 9.54. The highest BCUT2D eigenvalue weighted by molar-refractivity contribution is 6.31. The Balaban J connectivity index is 2.36. The molecule has 2 aromatic rings. The maximum atomic E-state index is 6.08. The van der Waals surface area contributed by atoms with Gasteiger partial charge in [0, 0.05) is 29.7 Å². The molecule has 4 nitrogen and oxygen atoms in total. The minimum Gasteiger partial charge on any atom is -0.476 e. The molecular weight excluding hydrogens is 335 g/mol. The average Bonchev–Trinajstić information content (AvgIpc) is 2.55. The van der Waals surface area contributed by atoms with E-state index in [1.807, 2.05) is 31.2 Å². The fraction of sp³-hybridized carbons (Fsp3) is 0.235. The number of benzene rings is 2. The number of hydrogen-bond donors (Lipinski definition) is 1. The molecule has 1 N–H and O–H groups in total. The van der Waals surface area contributed by atoms with Crippen molar-refractivity contribution in [2.75, 3.05) is 14.1 Å². The minimum absolute atomic E-state index is 0.405. The summed E-state index contributed by atoms with van der Waals surface area (Å²) in [6, 6.07) is 12.8. The van der Waals surface area contributed by atoms with Gasteiger partial charge in [0.05, 0.1) is 0 Å². The Bertz CT molecular complexity index is 687. The van der Waals surface area contributed by atoms with Gasteiger partial charge in [-0.05, 0) is 42.8 Å². The molecule has 0 aliphatic heterocycles. The average molecular weight is 353 g/mol. The topological polar surface area (TPSA) is 42.8 Å². The van der Waals surface area contributed by atoms with E-state index in [9.17, 15) is 0 Å². The van der Waals surface area contributed by atoms with Crippen LogP contribution >= 0.6 is 23.2 Å². The van der Waals surface area contributed by atoms with Crippen LogP contribution in [0.1, 0.15) is 17.2 Å². The first-order valence-corrected chi connectivity index (χ1v) is 7.79. The van der Waals surface area contributed by atoms with E-state index in [-0.39, 0.29) is 0 Å². The van der Waals surface area contributed by atoms with Gasteiger partial charge in [-0.25, -0.2) is 0 Å². The number of hydroxylamine groups is 1. The molecule has 2 aromatic carbocycles. The molecule has 0 amide bonds.